The maximum Gasteiger partial charge on any atom is 0.251 e. The number of amides is 1. The molecule has 0 saturated heterocycles. The van der Waals surface area contributed by atoms with Gasteiger partial charge in [0.15, 0.2) is 11.5 Å². The van der Waals surface area contributed by atoms with Crippen LogP contribution >= 0.6 is 11.6 Å². The number of carbonyl (C=O) groups is 1. The van der Waals surface area contributed by atoms with Crippen LogP contribution in [0.25, 0.3) is 0 Å². The zero-order valence-electron chi connectivity index (χ0n) is 12.9. The molecule has 1 amide bonds. The van der Waals surface area contributed by atoms with Gasteiger partial charge in [-0.3, -0.25) is 4.79 Å². The zero-order valence-corrected chi connectivity index (χ0v) is 13.7. The van der Waals surface area contributed by atoms with Crippen molar-refractivity contribution in [3.63, 3.8) is 0 Å². The van der Waals surface area contributed by atoms with Crippen molar-refractivity contribution in [2.45, 2.75) is 45.8 Å². The summed E-state index contributed by atoms with van der Waals surface area (Å²) in [7, 11) is 1.54. The average Bonchev–Trinajstić information content (AvgIpc) is 3.24. The van der Waals surface area contributed by atoms with E-state index < -0.39 is 0 Å². The van der Waals surface area contributed by atoms with Crippen LogP contribution in [0.2, 0.25) is 5.02 Å². The van der Waals surface area contributed by atoms with Crippen LogP contribution < -0.4 is 14.8 Å². The average molecular weight is 312 g/mol. The number of carbonyl (C=O) groups excluding carboxylic acids is 1. The number of ether oxygens (including phenoxy) is 2. The minimum absolute atomic E-state index is 0.0223. The molecule has 0 heterocycles. The van der Waals surface area contributed by atoms with Crippen LogP contribution in [0.5, 0.6) is 11.5 Å². The summed E-state index contributed by atoms with van der Waals surface area (Å²) in [6.45, 7) is 5.85. The highest BCUT2D eigenvalue weighted by atomic mass is 35.5. The van der Waals surface area contributed by atoms with E-state index in [1.54, 1.807) is 12.1 Å². The molecule has 5 heteroatoms. The van der Waals surface area contributed by atoms with E-state index in [1.165, 1.54) is 20.0 Å². The predicted octanol–water partition coefficient (Wildman–Crippen LogP) is 3.66. The van der Waals surface area contributed by atoms with Gasteiger partial charge in [0.2, 0.25) is 0 Å². The molecule has 1 aliphatic carbocycles. The normalized spacial score (nSPS) is 15.7. The molecule has 1 aliphatic rings. The number of rotatable bonds is 6. The first-order valence-electron chi connectivity index (χ1n) is 7.27. The van der Waals surface area contributed by atoms with Gasteiger partial charge in [-0.25, -0.2) is 0 Å². The Morgan fingerprint density at radius 3 is 2.52 bits per heavy atom. The van der Waals surface area contributed by atoms with E-state index in [-0.39, 0.29) is 18.1 Å². The van der Waals surface area contributed by atoms with Crippen molar-refractivity contribution in [2.75, 3.05) is 7.11 Å². The minimum Gasteiger partial charge on any atom is -0.493 e. The second-order valence-corrected chi connectivity index (χ2v) is 6.16. The lowest BCUT2D eigenvalue weighted by atomic mass is 10.1. The molecule has 2 rings (SSSR count). The lowest BCUT2D eigenvalue weighted by Gasteiger charge is -2.17. The maximum atomic E-state index is 12.3. The van der Waals surface area contributed by atoms with Crippen LogP contribution in [-0.4, -0.2) is 25.2 Å². The lowest BCUT2D eigenvalue weighted by Crippen LogP contribution is -2.34. The van der Waals surface area contributed by atoms with Gasteiger partial charge in [-0.15, -0.1) is 0 Å². The number of nitrogens with one attached hydrogen (secondary N) is 1. The van der Waals surface area contributed by atoms with Gasteiger partial charge < -0.3 is 14.8 Å². The van der Waals surface area contributed by atoms with E-state index in [1.807, 2.05) is 20.8 Å². The van der Waals surface area contributed by atoms with Gasteiger partial charge in [-0.1, -0.05) is 11.6 Å². The Labute approximate surface area is 130 Å². The number of hydrogen-bond acceptors (Lipinski definition) is 3. The molecule has 4 nitrogen and oxygen atoms in total. The van der Waals surface area contributed by atoms with Gasteiger partial charge in [-0.2, -0.15) is 0 Å². The fraction of sp³-hybridized carbons (Fsp3) is 0.562. The maximum absolute atomic E-state index is 12.3. The lowest BCUT2D eigenvalue weighted by molar-refractivity contribution is 0.0935. The fourth-order valence-electron chi connectivity index (χ4n) is 2.21. The highest BCUT2D eigenvalue weighted by Gasteiger charge is 2.29. The van der Waals surface area contributed by atoms with Crippen LogP contribution in [0, 0.1) is 5.92 Å². The Morgan fingerprint density at radius 1 is 1.33 bits per heavy atom. The summed E-state index contributed by atoms with van der Waals surface area (Å²) in [5, 5.41) is 3.38. The molecule has 0 unspecified atom stereocenters. The number of hydrogen-bond donors (Lipinski definition) is 1. The summed E-state index contributed by atoms with van der Waals surface area (Å²) < 4.78 is 10.9. The van der Waals surface area contributed by atoms with Crippen molar-refractivity contribution >= 4 is 17.5 Å². The zero-order chi connectivity index (χ0) is 15.6. The molecule has 0 aromatic heterocycles. The Morgan fingerprint density at radius 2 is 2.00 bits per heavy atom. The number of halogens is 1. The first kappa shape index (κ1) is 16.0. The van der Waals surface area contributed by atoms with E-state index in [0.29, 0.717) is 28.0 Å². The van der Waals surface area contributed by atoms with Crippen LogP contribution in [-0.2, 0) is 0 Å². The Hall–Kier alpha value is -1.42. The van der Waals surface area contributed by atoms with Crippen molar-refractivity contribution in [2.24, 2.45) is 5.92 Å². The molecular weight excluding hydrogens is 290 g/mol. The van der Waals surface area contributed by atoms with Gasteiger partial charge in [0.25, 0.3) is 5.91 Å². The smallest absolute Gasteiger partial charge is 0.251 e. The molecule has 21 heavy (non-hydrogen) atoms. The molecule has 116 valence electrons. The van der Waals surface area contributed by atoms with Gasteiger partial charge >= 0.3 is 0 Å². The topological polar surface area (TPSA) is 47.6 Å². The van der Waals surface area contributed by atoms with E-state index in [0.717, 1.165) is 0 Å². The Bertz CT molecular complexity index is 526. The molecule has 0 spiro atoms. The largest absolute Gasteiger partial charge is 0.493 e. The van der Waals surface area contributed by atoms with Crippen molar-refractivity contribution in [1.82, 2.24) is 5.32 Å². The highest BCUT2D eigenvalue weighted by molar-refractivity contribution is 6.32. The quantitative estimate of drug-likeness (QED) is 0.872. The fourth-order valence-corrected chi connectivity index (χ4v) is 2.46. The Balaban J connectivity index is 2.19. The summed E-state index contributed by atoms with van der Waals surface area (Å²) in [5.41, 5.74) is 0.487. The summed E-state index contributed by atoms with van der Waals surface area (Å²) >= 11 is 6.23. The van der Waals surface area contributed by atoms with Gasteiger partial charge in [0, 0.05) is 11.6 Å². The molecular formula is C16H22ClNO3. The van der Waals surface area contributed by atoms with Gasteiger partial charge in [0.05, 0.1) is 18.2 Å². The van der Waals surface area contributed by atoms with E-state index in [9.17, 15) is 4.79 Å². The van der Waals surface area contributed by atoms with Crippen LogP contribution in [0.4, 0.5) is 0 Å². The Kier molecular flexibility index (Phi) is 4.99. The predicted molar refractivity (Wildman–Crippen MR) is 83.4 cm³/mol. The first-order valence-corrected chi connectivity index (χ1v) is 7.65. The third-order valence-corrected chi connectivity index (χ3v) is 3.81. The van der Waals surface area contributed by atoms with Crippen molar-refractivity contribution in [1.29, 1.82) is 0 Å². The molecule has 1 aromatic carbocycles. The standard InChI is InChI=1S/C16H22ClNO3/c1-9(2)21-15-13(17)7-12(8-14(15)20-4)16(19)18-10(3)11-5-6-11/h7-11H,5-6H2,1-4H3,(H,18,19)/t10-/m1/s1. The van der Waals surface area contributed by atoms with Crippen molar-refractivity contribution in [3.05, 3.63) is 22.7 Å². The summed E-state index contributed by atoms with van der Waals surface area (Å²) in [4.78, 5) is 12.3. The summed E-state index contributed by atoms with van der Waals surface area (Å²) in [6, 6.07) is 3.48. The summed E-state index contributed by atoms with van der Waals surface area (Å²) in [5.74, 6) is 1.42. The van der Waals surface area contributed by atoms with Crippen LogP contribution in [0.1, 0.15) is 44.0 Å². The summed E-state index contributed by atoms with van der Waals surface area (Å²) in [6.07, 6.45) is 2.35. The molecule has 0 aliphatic heterocycles. The second-order valence-electron chi connectivity index (χ2n) is 5.76. The molecule has 1 aromatic rings. The molecule has 1 atom stereocenters. The van der Waals surface area contributed by atoms with Crippen LogP contribution in [0.3, 0.4) is 0 Å². The molecule has 0 radical (unpaired) electrons. The van der Waals surface area contributed by atoms with E-state index in [2.05, 4.69) is 5.32 Å². The van der Waals surface area contributed by atoms with E-state index >= 15 is 0 Å². The molecule has 1 N–H and O–H groups in total. The molecule has 1 saturated carbocycles. The van der Waals surface area contributed by atoms with Gasteiger partial charge in [0.1, 0.15) is 0 Å². The number of methoxy groups -OCH3 is 1. The van der Waals surface area contributed by atoms with E-state index in [4.69, 9.17) is 21.1 Å². The number of benzene rings is 1. The third-order valence-electron chi connectivity index (χ3n) is 3.53. The monoisotopic (exact) mass is 311 g/mol. The molecule has 0 bridgehead atoms. The van der Waals surface area contributed by atoms with Gasteiger partial charge in [-0.05, 0) is 51.7 Å². The van der Waals surface area contributed by atoms with Crippen molar-refractivity contribution in [3.8, 4) is 11.5 Å². The minimum atomic E-state index is -0.134. The van der Waals surface area contributed by atoms with Crippen LogP contribution in [0.15, 0.2) is 12.1 Å². The third kappa shape index (κ3) is 4.03. The highest BCUT2D eigenvalue weighted by Crippen LogP contribution is 2.37. The SMILES string of the molecule is COc1cc(C(=O)N[C@H](C)C2CC2)cc(Cl)c1OC(C)C. The molecule has 1 fully saturated rings. The first-order chi connectivity index (χ1) is 9.92. The van der Waals surface area contributed by atoms with Crippen molar-refractivity contribution < 1.29 is 14.3 Å². The second kappa shape index (κ2) is 6.56.